The summed E-state index contributed by atoms with van der Waals surface area (Å²) in [5.41, 5.74) is 2.51. The fourth-order valence-corrected chi connectivity index (χ4v) is 4.86. The Bertz CT molecular complexity index is 1250. The molecular weight excluding hydrogens is 523 g/mol. The fourth-order valence-electron chi connectivity index (χ4n) is 4.34. The zero-order valence-electron chi connectivity index (χ0n) is 21.6. The summed E-state index contributed by atoms with van der Waals surface area (Å²) in [7, 11) is 0. The summed E-state index contributed by atoms with van der Waals surface area (Å²) in [4.78, 5) is 29.1. The van der Waals surface area contributed by atoms with E-state index in [1.807, 2.05) is 62.4 Å². The van der Waals surface area contributed by atoms with E-state index in [0.29, 0.717) is 39.9 Å². The Morgan fingerprint density at radius 2 is 1.66 bits per heavy atom. The van der Waals surface area contributed by atoms with Gasteiger partial charge in [0.15, 0.2) is 11.5 Å². The van der Waals surface area contributed by atoms with E-state index < -0.39 is 6.04 Å². The molecule has 4 rings (SSSR count). The summed E-state index contributed by atoms with van der Waals surface area (Å²) >= 11 is 13.0. The number of hydrogen-bond acceptors (Lipinski definition) is 4. The van der Waals surface area contributed by atoms with Crippen molar-refractivity contribution in [2.24, 2.45) is 0 Å². The van der Waals surface area contributed by atoms with E-state index in [1.165, 1.54) is 0 Å². The van der Waals surface area contributed by atoms with E-state index in [2.05, 4.69) is 5.32 Å². The Kier molecular flexibility index (Phi) is 9.53. The highest BCUT2D eigenvalue weighted by Gasteiger charge is 2.31. The molecule has 1 heterocycles. The van der Waals surface area contributed by atoms with Crippen LogP contribution in [0.1, 0.15) is 43.4 Å². The number of ether oxygens (including phenoxy) is 2. The van der Waals surface area contributed by atoms with Crippen molar-refractivity contribution in [1.29, 1.82) is 0 Å². The molecule has 0 aromatic heterocycles. The molecule has 2 amide bonds. The molecule has 1 N–H and O–H groups in total. The second-order valence-electron chi connectivity index (χ2n) is 9.43. The molecular formula is C30H32Cl2N2O4. The molecule has 0 bridgehead atoms. The third kappa shape index (κ3) is 7.00. The van der Waals surface area contributed by atoms with Crippen LogP contribution in [0.2, 0.25) is 10.0 Å². The summed E-state index contributed by atoms with van der Waals surface area (Å²) in [6, 6.07) is 19.8. The van der Waals surface area contributed by atoms with Crippen LogP contribution in [0.3, 0.4) is 0 Å². The fraction of sp³-hybridized carbons (Fsp3) is 0.333. The summed E-state index contributed by atoms with van der Waals surface area (Å²) in [5, 5.41) is 3.97. The van der Waals surface area contributed by atoms with Gasteiger partial charge in [0.2, 0.25) is 18.6 Å². The predicted octanol–water partition coefficient (Wildman–Crippen LogP) is 6.21. The van der Waals surface area contributed by atoms with Crippen molar-refractivity contribution in [2.75, 3.05) is 6.79 Å². The topological polar surface area (TPSA) is 67.9 Å². The third-order valence-electron chi connectivity index (χ3n) is 6.73. The number of aryl methyl sites for hydroxylation is 1. The van der Waals surface area contributed by atoms with Gasteiger partial charge in [-0.25, -0.2) is 0 Å². The predicted molar refractivity (Wildman–Crippen MR) is 150 cm³/mol. The lowest BCUT2D eigenvalue weighted by Crippen LogP contribution is -2.52. The normalized spacial score (nSPS) is 13.6. The summed E-state index contributed by atoms with van der Waals surface area (Å²) in [6.45, 7) is 4.27. The van der Waals surface area contributed by atoms with Crippen LogP contribution >= 0.6 is 23.2 Å². The van der Waals surface area contributed by atoms with Gasteiger partial charge in [0.05, 0.1) is 0 Å². The highest BCUT2D eigenvalue weighted by Crippen LogP contribution is 2.33. The highest BCUT2D eigenvalue weighted by molar-refractivity contribution is 6.36. The zero-order valence-corrected chi connectivity index (χ0v) is 23.1. The molecule has 0 saturated heterocycles. The molecule has 200 valence electrons. The van der Waals surface area contributed by atoms with Crippen LogP contribution in [-0.4, -0.2) is 35.6 Å². The maximum absolute atomic E-state index is 13.9. The Morgan fingerprint density at radius 3 is 2.37 bits per heavy atom. The molecule has 0 fully saturated rings. The lowest BCUT2D eigenvalue weighted by molar-refractivity contribution is -0.141. The molecule has 3 aromatic carbocycles. The van der Waals surface area contributed by atoms with Gasteiger partial charge in [-0.15, -0.1) is 0 Å². The molecule has 2 atom stereocenters. The van der Waals surface area contributed by atoms with Crippen molar-refractivity contribution in [3.05, 3.63) is 93.5 Å². The van der Waals surface area contributed by atoms with E-state index in [9.17, 15) is 9.59 Å². The van der Waals surface area contributed by atoms with Crippen molar-refractivity contribution in [3.63, 3.8) is 0 Å². The van der Waals surface area contributed by atoms with Crippen molar-refractivity contribution in [3.8, 4) is 11.5 Å². The number of halogens is 2. The van der Waals surface area contributed by atoms with Gasteiger partial charge in [0.25, 0.3) is 0 Å². The number of fused-ring (bicyclic) bond motifs is 1. The van der Waals surface area contributed by atoms with Gasteiger partial charge in [-0.2, -0.15) is 0 Å². The van der Waals surface area contributed by atoms with Gasteiger partial charge in [0, 0.05) is 41.0 Å². The number of carbonyl (C=O) groups is 2. The number of benzene rings is 3. The first-order chi connectivity index (χ1) is 18.4. The van der Waals surface area contributed by atoms with Crippen molar-refractivity contribution in [1.82, 2.24) is 10.2 Å². The average Bonchev–Trinajstić information content (AvgIpc) is 3.39. The maximum atomic E-state index is 13.9. The molecule has 0 saturated carbocycles. The first kappa shape index (κ1) is 27.8. The van der Waals surface area contributed by atoms with Gasteiger partial charge in [-0.05, 0) is 55.2 Å². The minimum Gasteiger partial charge on any atom is -0.454 e. The van der Waals surface area contributed by atoms with Gasteiger partial charge in [-0.3, -0.25) is 9.59 Å². The molecule has 1 aliphatic heterocycles. The van der Waals surface area contributed by atoms with Crippen LogP contribution in [0.25, 0.3) is 0 Å². The maximum Gasteiger partial charge on any atom is 0.243 e. The number of nitrogens with zero attached hydrogens (tertiary/aromatic N) is 1. The molecule has 0 radical (unpaired) electrons. The van der Waals surface area contributed by atoms with Gasteiger partial charge >= 0.3 is 0 Å². The van der Waals surface area contributed by atoms with E-state index >= 15 is 0 Å². The van der Waals surface area contributed by atoms with Crippen molar-refractivity contribution < 1.29 is 19.1 Å². The molecule has 1 aliphatic rings. The van der Waals surface area contributed by atoms with Crippen LogP contribution in [0.4, 0.5) is 0 Å². The first-order valence-corrected chi connectivity index (χ1v) is 13.6. The van der Waals surface area contributed by atoms with E-state index in [1.54, 1.807) is 23.1 Å². The minimum atomic E-state index is -0.747. The van der Waals surface area contributed by atoms with Gasteiger partial charge < -0.3 is 19.7 Å². The monoisotopic (exact) mass is 554 g/mol. The van der Waals surface area contributed by atoms with Gasteiger partial charge in [0.1, 0.15) is 6.04 Å². The van der Waals surface area contributed by atoms with Crippen LogP contribution in [-0.2, 0) is 29.0 Å². The SMILES string of the molecule is CC[C@H](C)NC(=O)[C@H](Cc1ccccc1)N(Cc1c(Cl)cccc1Cl)C(=O)CCc1ccc2c(c1)OCO2. The number of amides is 2. The molecule has 6 nitrogen and oxygen atoms in total. The molecule has 0 aliphatic carbocycles. The van der Waals surface area contributed by atoms with Crippen molar-refractivity contribution >= 4 is 35.0 Å². The molecule has 0 spiro atoms. The minimum absolute atomic E-state index is 0.0322. The lowest BCUT2D eigenvalue weighted by Gasteiger charge is -2.33. The lowest BCUT2D eigenvalue weighted by atomic mass is 10.0. The second kappa shape index (κ2) is 13.0. The molecule has 0 unspecified atom stereocenters. The van der Waals surface area contributed by atoms with E-state index in [4.69, 9.17) is 32.7 Å². The van der Waals surface area contributed by atoms with Crippen LogP contribution in [0.5, 0.6) is 11.5 Å². The Hall–Kier alpha value is -3.22. The van der Waals surface area contributed by atoms with Crippen molar-refractivity contribution in [2.45, 2.75) is 58.2 Å². The summed E-state index contributed by atoms with van der Waals surface area (Å²) in [6.07, 6.45) is 1.82. The van der Waals surface area contributed by atoms with E-state index in [-0.39, 0.29) is 37.6 Å². The zero-order chi connectivity index (χ0) is 27.1. The van der Waals surface area contributed by atoms with Crippen LogP contribution < -0.4 is 14.8 Å². The standard InChI is InChI=1S/C30H32Cl2N2O4/c1-3-20(2)33-30(36)26(16-21-8-5-4-6-9-21)34(18-23-24(31)10-7-11-25(23)32)29(35)15-13-22-12-14-27-28(17-22)38-19-37-27/h4-12,14,17,20,26H,3,13,15-16,18-19H2,1-2H3,(H,33,36)/t20-,26-/m0/s1. The second-order valence-corrected chi connectivity index (χ2v) is 10.2. The first-order valence-electron chi connectivity index (χ1n) is 12.8. The number of rotatable bonds is 11. The summed E-state index contributed by atoms with van der Waals surface area (Å²) < 4.78 is 10.9. The molecule has 38 heavy (non-hydrogen) atoms. The van der Waals surface area contributed by atoms with E-state index in [0.717, 1.165) is 17.5 Å². The largest absolute Gasteiger partial charge is 0.454 e. The smallest absolute Gasteiger partial charge is 0.243 e. The Balaban J connectivity index is 1.64. The third-order valence-corrected chi connectivity index (χ3v) is 7.44. The Morgan fingerprint density at radius 1 is 0.947 bits per heavy atom. The number of hydrogen-bond donors (Lipinski definition) is 1. The van der Waals surface area contributed by atoms with Gasteiger partial charge in [-0.1, -0.05) is 72.6 Å². The molecule has 3 aromatic rings. The van der Waals surface area contributed by atoms with Crippen LogP contribution in [0, 0.1) is 0 Å². The highest BCUT2D eigenvalue weighted by atomic mass is 35.5. The van der Waals surface area contributed by atoms with Crippen LogP contribution in [0.15, 0.2) is 66.7 Å². The Labute approximate surface area is 233 Å². The summed E-state index contributed by atoms with van der Waals surface area (Å²) in [5.74, 6) is 0.992. The number of carbonyl (C=O) groups excluding carboxylic acids is 2. The average molecular weight is 556 g/mol. The number of nitrogens with one attached hydrogen (secondary N) is 1. The quantitative estimate of drug-likeness (QED) is 0.306. The molecule has 8 heteroatoms.